The predicted molar refractivity (Wildman–Crippen MR) is 72.0 cm³/mol. The summed E-state index contributed by atoms with van der Waals surface area (Å²) in [4.78, 5) is 11.2. The van der Waals surface area contributed by atoms with Gasteiger partial charge in [0.2, 0.25) is 0 Å². The standard InChI is InChI=1S/C15H16F6O3/c1-3-9(2)11-6-4-10(5-7-11)8-24-12(22)13(23,14(16,17)18)15(19,20)21/h4-7,9,23H,3,8H2,1-2H3. The highest BCUT2D eigenvalue weighted by molar-refractivity contribution is 5.81. The molecular formula is C15H16F6O3. The fourth-order valence-electron chi connectivity index (χ4n) is 1.82. The minimum absolute atomic E-state index is 0.196. The van der Waals surface area contributed by atoms with Gasteiger partial charge in [0.05, 0.1) is 0 Å². The van der Waals surface area contributed by atoms with Crippen LogP contribution in [0.25, 0.3) is 0 Å². The van der Waals surface area contributed by atoms with Crippen LogP contribution in [0.1, 0.15) is 37.3 Å². The van der Waals surface area contributed by atoms with E-state index in [4.69, 9.17) is 5.11 Å². The van der Waals surface area contributed by atoms with Crippen molar-refractivity contribution in [2.75, 3.05) is 0 Å². The molecule has 9 heteroatoms. The molecule has 1 atom stereocenters. The van der Waals surface area contributed by atoms with E-state index in [2.05, 4.69) is 4.74 Å². The maximum absolute atomic E-state index is 12.5. The molecule has 0 aliphatic heterocycles. The van der Waals surface area contributed by atoms with Crippen LogP contribution in [0.3, 0.4) is 0 Å². The van der Waals surface area contributed by atoms with Crippen molar-refractivity contribution < 1.29 is 41.0 Å². The summed E-state index contributed by atoms with van der Waals surface area (Å²) in [5.41, 5.74) is -4.44. The van der Waals surface area contributed by atoms with Crippen molar-refractivity contribution in [3.05, 3.63) is 35.4 Å². The van der Waals surface area contributed by atoms with Crippen LogP contribution in [0.5, 0.6) is 0 Å². The number of hydrogen-bond acceptors (Lipinski definition) is 3. The zero-order valence-electron chi connectivity index (χ0n) is 12.8. The van der Waals surface area contributed by atoms with Crippen LogP contribution in [0.15, 0.2) is 24.3 Å². The largest absolute Gasteiger partial charge is 0.458 e. The average molecular weight is 358 g/mol. The molecule has 0 saturated carbocycles. The van der Waals surface area contributed by atoms with Gasteiger partial charge in [0.25, 0.3) is 0 Å². The molecule has 0 spiro atoms. The second kappa shape index (κ2) is 7.00. The lowest BCUT2D eigenvalue weighted by Crippen LogP contribution is -2.62. The van der Waals surface area contributed by atoms with Gasteiger partial charge in [-0.25, -0.2) is 4.79 Å². The molecule has 0 aliphatic rings. The van der Waals surface area contributed by atoms with E-state index in [0.29, 0.717) is 0 Å². The zero-order valence-corrected chi connectivity index (χ0v) is 12.8. The second-order valence-electron chi connectivity index (χ2n) is 5.33. The number of carbonyl (C=O) groups excluding carboxylic acids is 1. The molecule has 1 N–H and O–H groups in total. The van der Waals surface area contributed by atoms with E-state index in [9.17, 15) is 31.1 Å². The van der Waals surface area contributed by atoms with Gasteiger partial charge in [0.1, 0.15) is 6.61 Å². The van der Waals surface area contributed by atoms with Crippen LogP contribution < -0.4 is 0 Å². The Morgan fingerprint density at radius 3 is 1.92 bits per heavy atom. The molecule has 1 aromatic rings. The van der Waals surface area contributed by atoms with Crippen LogP contribution in [0.4, 0.5) is 26.3 Å². The van der Waals surface area contributed by atoms with Crippen LogP contribution in [0.2, 0.25) is 0 Å². The lowest BCUT2D eigenvalue weighted by Gasteiger charge is -2.29. The van der Waals surface area contributed by atoms with Gasteiger partial charge in [-0.05, 0) is 23.5 Å². The fraction of sp³-hybridized carbons (Fsp3) is 0.533. The van der Waals surface area contributed by atoms with Gasteiger partial charge in [-0.3, -0.25) is 0 Å². The zero-order chi connectivity index (χ0) is 18.8. The Morgan fingerprint density at radius 2 is 1.54 bits per heavy atom. The monoisotopic (exact) mass is 358 g/mol. The first-order valence-corrected chi connectivity index (χ1v) is 6.96. The molecule has 1 unspecified atom stereocenters. The Morgan fingerprint density at radius 1 is 1.08 bits per heavy atom. The Kier molecular flexibility index (Phi) is 5.91. The van der Waals surface area contributed by atoms with Crippen LogP contribution >= 0.6 is 0 Å². The third kappa shape index (κ3) is 4.00. The number of hydrogen-bond donors (Lipinski definition) is 1. The highest BCUT2D eigenvalue weighted by atomic mass is 19.4. The average Bonchev–Trinajstić information content (AvgIpc) is 2.49. The molecule has 0 bridgehead atoms. The first-order chi connectivity index (χ1) is 10.8. The van der Waals surface area contributed by atoms with Crippen molar-refractivity contribution in [1.82, 2.24) is 0 Å². The number of esters is 1. The molecule has 1 rings (SSSR count). The molecule has 0 saturated heterocycles. The molecule has 3 nitrogen and oxygen atoms in total. The number of halogens is 6. The van der Waals surface area contributed by atoms with Crippen LogP contribution in [0, 0.1) is 0 Å². The fourth-order valence-corrected chi connectivity index (χ4v) is 1.82. The highest BCUT2D eigenvalue weighted by Gasteiger charge is 2.76. The number of alkyl halides is 6. The van der Waals surface area contributed by atoms with E-state index < -0.39 is 30.5 Å². The van der Waals surface area contributed by atoms with Crippen molar-refractivity contribution >= 4 is 5.97 Å². The summed E-state index contributed by atoms with van der Waals surface area (Å²) in [5.74, 6) is -2.59. The summed E-state index contributed by atoms with van der Waals surface area (Å²) in [5, 5.41) is 8.86. The van der Waals surface area contributed by atoms with Crippen molar-refractivity contribution in [1.29, 1.82) is 0 Å². The molecule has 0 fully saturated rings. The summed E-state index contributed by atoms with van der Waals surface area (Å²) in [6.07, 6.45) is -11.6. The third-order valence-electron chi connectivity index (χ3n) is 3.65. The Bertz CT molecular complexity index is 548. The van der Waals surface area contributed by atoms with Crippen molar-refractivity contribution in [2.24, 2.45) is 0 Å². The topological polar surface area (TPSA) is 46.5 Å². The summed E-state index contributed by atoms with van der Waals surface area (Å²) in [6, 6.07) is 6.12. The van der Waals surface area contributed by atoms with Gasteiger partial charge < -0.3 is 9.84 Å². The summed E-state index contributed by atoms with van der Waals surface area (Å²) >= 11 is 0. The van der Waals surface area contributed by atoms with Gasteiger partial charge in [-0.15, -0.1) is 0 Å². The third-order valence-corrected chi connectivity index (χ3v) is 3.65. The summed E-state index contributed by atoms with van der Waals surface area (Å²) in [6.45, 7) is 3.07. The number of aliphatic hydroxyl groups is 1. The Labute approximate surface area is 134 Å². The first kappa shape index (κ1) is 20.3. The van der Waals surface area contributed by atoms with Crippen molar-refractivity contribution in [3.63, 3.8) is 0 Å². The first-order valence-electron chi connectivity index (χ1n) is 6.96. The van der Waals surface area contributed by atoms with Gasteiger partial charge in [0, 0.05) is 0 Å². The molecule has 0 amide bonds. The lowest BCUT2D eigenvalue weighted by molar-refractivity contribution is -0.357. The summed E-state index contributed by atoms with van der Waals surface area (Å²) < 4.78 is 79.0. The van der Waals surface area contributed by atoms with Gasteiger partial charge in [0.15, 0.2) is 0 Å². The number of carbonyl (C=O) groups is 1. The van der Waals surface area contributed by atoms with Crippen LogP contribution in [-0.2, 0) is 16.1 Å². The Hall–Kier alpha value is -1.77. The van der Waals surface area contributed by atoms with E-state index in [0.717, 1.165) is 12.0 Å². The number of ether oxygens (including phenoxy) is 1. The maximum atomic E-state index is 12.5. The quantitative estimate of drug-likeness (QED) is 0.637. The summed E-state index contributed by atoms with van der Waals surface area (Å²) in [7, 11) is 0. The molecular weight excluding hydrogens is 342 g/mol. The van der Waals surface area contributed by atoms with E-state index >= 15 is 0 Å². The van der Waals surface area contributed by atoms with Crippen molar-refractivity contribution in [2.45, 2.75) is 50.7 Å². The van der Waals surface area contributed by atoms with E-state index in [1.165, 1.54) is 12.1 Å². The molecule has 0 aromatic heterocycles. The van der Waals surface area contributed by atoms with Gasteiger partial charge in [-0.1, -0.05) is 38.1 Å². The van der Waals surface area contributed by atoms with E-state index in [1.54, 1.807) is 12.1 Å². The maximum Gasteiger partial charge on any atom is 0.437 e. The Balaban J connectivity index is 2.87. The number of benzene rings is 1. The number of rotatable bonds is 5. The molecule has 24 heavy (non-hydrogen) atoms. The normalized spacial score (nSPS) is 14.4. The van der Waals surface area contributed by atoms with Gasteiger partial charge in [-0.2, -0.15) is 26.3 Å². The molecule has 0 heterocycles. The minimum atomic E-state index is -6.25. The molecule has 0 radical (unpaired) electrons. The predicted octanol–water partition coefficient (Wildman–Crippen LogP) is 4.10. The van der Waals surface area contributed by atoms with Gasteiger partial charge >= 0.3 is 23.9 Å². The smallest absolute Gasteiger partial charge is 0.437 e. The van der Waals surface area contributed by atoms with E-state index in [1.807, 2.05) is 13.8 Å². The molecule has 1 aromatic carbocycles. The SMILES string of the molecule is CCC(C)c1ccc(COC(=O)C(O)(C(F)(F)F)C(F)(F)F)cc1. The molecule has 0 aliphatic carbocycles. The van der Waals surface area contributed by atoms with E-state index in [-0.39, 0.29) is 11.5 Å². The molecule has 136 valence electrons. The second-order valence-corrected chi connectivity index (χ2v) is 5.33. The van der Waals surface area contributed by atoms with Crippen LogP contribution in [-0.4, -0.2) is 29.0 Å². The highest BCUT2D eigenvalue weighted by Crippen LogP contribution is 2.43. The lowest BCUT2D eigenvalue weighted by atomic mass is 9.98. The minimum Gasteiger partial charge on any atom is -0.458 e. The van der Waals surface area contributed by atoms with Crippen molar-refractivity contribution in [3.8, 4) is 0 Å².